The van der Waals surface area contributed by atoms with E-state index in [0.717, 1.165) is 0 Å². The highest BCUT2D eigenvalue weighted by atomic mass is 16.2. The summed E-state index contributed by atoms with van der Waals surface area (Å²) in [6, 6.07) is 7.01. The van der Waals surface area contributed by atoms with Crippen LogP contribution in [0.3, 0.4) is 0 Å². The molecule has 9 nitrogen and oxygen atoms in total. The van der Waals surface area contributed by atoms with Gasteiger partial charge in [0.05, 0.1) is 11.6 Å². The van der Waals surface area contributed by atoms with E-state index < -0.39 is 23.6 Å². The number of nitrogens with zero attached hydrogens (tertiary/aromatic N) is 1. The minimum atomic E-state index is -0.879. The molecule has 0 aliphatic carbocycles. The molecule has 0 spiro atoms. The maximum Gasteiger partial charge on any atom is 0.250 e. The van der Waals surface area contributed by atoms with Crippen LogP contribution in [0.1, 0.15) is 43.9 Å². The zero-order valence-electron chi connectivity index (χ0n) is 14.6. The van der Waals surface area contributed by atoms with Gasteiger partial charge in [-0.15, -0.1) is 0 Å². The highest BCUT2D eigenvalue weighted by molar-refractivity contribution is 6.20. The average molecular weight is 370 g/mol. The van der Waals surface area contributed by atoms with Gasteiger partial charge in [-0.3, -0.25) is 19.4 Å². The predicted molar refractivity (Wildman–Crippen MR) is 103 cm³/mol. The minimum Gasteiger partial charge on any atom is -0.370 e. The van der Waals surface area contributed by atoms with Crippen molar-refractivity contribution >= 4 is 34.3 Å². The quantitative estimate of drug-likeness (QED) is 0.181. The van der Waals surface area contributed by atoms with Gasteiger partial charge in [-0.2, -0.15) is 0 Å². The number of hydrogen-bond acceptors (Lipinski definition) is 5. The van der Waals surface area contributed by atoms with Gasteiger partial charge in [0.25, 0.3) is 0 Å². The summed E-state index contributed by atoms with van der Waals surface area (Å²) in [5, 5.41) is 0.814. The van der Waals surface area contributed by atoms with Crippen LogP contribution >= 0.6 is 0 Å². The van der Waals surface area contributed by atoms with E-state index in [1.165, 1.54) is 12.1 Å². The van der Waals surface area contributed by atoms with Gasteiger partial charge in [0.15, 0.2) is 11.7 Å². The van der Waals surface area contributed by atoms with Gasteiger partial charge in [-0.05, 0) is 30.4 Å². The molecule has 0 aromatic heterocycles. The zero-order valence-corrected chi connectivity index (χ0v) is 14.6. The molecule has 27 heavy (non-hydrogen) atoms. The lowest BCUT2D eigenvalue weighted by atomic mass is 9.90. The van der Waals surface area contributed by atoms with Crippen molar-refractivity contribution in [2.24, 2.45) is 33.7 Å². The van der Waals surface area contributed by atoms with Crippen molar-refractivity contribution in [3.8, 4) is 0 Å². The van der Waals surface area contributed by atoms with Crippen LogP contribution in [0.4, 0.5) is 0 Å². The fraction of sp³-hybridized carbons (Fsp3) is 0.222. The molecule has 0 radical (unpaired) electrons. The first-order chi connectivity index (χ1) is 12.7. The highest BCUT2D eigenvalue weighted by Gasteiger charge is 2.24. The number of carbonyl (C=O) groups is 3. The Kier molecular flexibility index (Phi) is 6.09. The van der Waals surface area contributed by atoms with Crippen LogP contribution in [0.2, 0.25) is 0 Å². The number of ketones is 1. The Bertz CT molecular complexity index is 934. The molecule has 9 heteroatoms. The molecule has 0 saturated heterocycles. The molecule has 0 aliphatic rings. The summed E-state index contributed by atoms with van der Waals surface area (Å²) in [5.74, 6) is -2.08. The molecule has 0 saturated carbocycles. The number of primary amides is 2. The number of rotatable bonds is 8. The van der Waals surface area contributed by atoms with Gasteiger partial charge in [0, 0.05) is 23.1 Å². The molecule has 142 valence electrons. The lowest BCUT2D eigenvalue weighted by Gasteiger charge is -2.15. The van der Waals surface area contributed by atoms with Crippen molar-refractivity contribution in [1.82, 2.24) is 0 Å². The molecule has 0 heterocycles. The molecule has 0 fully saturated rings. The molecule has 1 atom stereocenters. The van der Waals surface area contributed by atoms with E-state index in [2.05, 4.69) is 4.99 Å². The smallest absolute Gasteiger partial charge is 0.250 e. The Morgan fingerprint density at radius 2 is 1.63 bits per heavy atom. The number of benzene rings is 2. The highest BCUT2D eigenvalue weighted by Crippen LogP contribution is 2.27. The fourth-order valence-corrected chi connectivity index (χ4v) is 2.90. The van der Waals surface area contributed by atoms with Crippen LogP contribution in [0.25, 0.3) is 10.8 Å². The van der Waals surface area contributed by atoms with Crippen LogP contribution < -0.4 is 28.7 Å². The van der Waals surface area contributed by atoms with Gasteiger partial charge in [-0.25, -0.2) is 0 Å². The lowest BCUT2D eigenvalue weighted by Crippen LogP contribution is -2.33. The second-order valence-corrected chi connectivity index (χ2v) is 6.04. The van der Waals surface area contributed by atoms with Crippen molar-refractivity contribution in [2.45, 2.75) is 18.9 Å². The van der Waals surface area contributed by atoms with E-state index in [-0.39, 0.29) is 28.0 Å². The molecule has 2 aromatic carbocycles. The number of guanidine groups is 1. The molecule has 2 rings (SSSR count). The van der Waals surface area contributed by atoms with Crippen LogP contribution in [0.15, 0.2) is 35.3 Å². The maximum atomic E-state index is 12.8. The summed E-state index contributed by atoms with van der Waals surface area (Å²) in [6.45, 7) is 0.329. The summed E-state index contributed by atoms with van der Waals surface area (Å²) >= 11 is 0. The van der Waals surface area contributed by atoms with Gasteiger partial charge in [-0.1, -0.05) is 18.2 Å². The summed E-state index contributed by atoms with van der Waals surface area (Å²) < 4.78 is 0. The Balaban J connectivity index is 2.46. The Labute approximate surface area is 155 Å². The second kappa shape index (κ2) is 8.28. The third kappa shape index (κ3) is 4.39. The molecule has 10 N–H and O–H groups in total. The van der Waals surface area contributed by atoms with Crippen molar-refractivity contribution < 1.29 is 14.4 Å². The third-order valence-electron chi connectivity index (χ3n) is 4.13. The summed E-state index contributed by atoms with van der Waals surface area (Å²) in [7, 11) is 0. The molecule has 0 bridgehead atoms. The normalized spacial score (nSPS) is 11.7. The summed E-state index contributed by atoms with van der Waals surface area (Å²) in [6.07, 6.45) is 0.792. The fourth-order valence-electron chi connectivity index (χ4n) is 2.90. The average Bonchev–Trinajstić information content (AvgIpc) is 2.62. The summed E-state index contributed by atoms with van der Waals surface area (Å²) in [5.41, 5.74) is 27.5. The van der Waals surface area contributed by atoms with Gasteiger partial charge in [0.1, 0.15) is 0 Å². The Hall–Kier alpha value is -3.46. The van der Waals surface area contributed by atoms with Crippen LogP contribution in [0.5, 0.6) is 0 Å². The van der Waals surface area contributed by atoms with Crippen LogP contribution in [-0.2, 0) is 0 Å². The Morgan fingerprint density at radius 1 is 0.926 bits per heavy atom. The van der Waals surface area contributed by atoms with E-state index in [0.29, 0.717) is 24.8 Å². The van der Waals surface area contributed by atoms with Gasteiger partial charge >= 0.3 is 0 Å². The molecular weight excluding hydrogens is 348 g/mol. The number of Topliss-reactive ketones (excluding diaryl/α,β-unsaturated/α-hetero) is 1. The maximum absolute atomic E-state index is 12.8. The summed E-state index contributed by atoms with van der Waals surface area (Å²) in [4.78, 5) is 40.5. The number of aliphatic imine (C=N–C) groups is 1. The number of fused-ring (bicyclic) bond motifs is 1. The van der Waals surface area contributed by atoms with Gasteiger partial charge < -0.3 is 28.7 Å². The second-order valence-electron chi connectivity index (χ2n) is 6.04. The largest absolute Gasteiger partial charge is 0.370 e. The number of hydrogen-bond donors (Lipinski definition) is 5. The number of carbonyl (C=O) groups excluding carboxylic acids is 3. The van der Waals surface area contributed by atoms with Crippen molar-refractivity contribution in [3.63, 3.8) is 0 Å². The number of amides is 2. The number of nitrogens with two attached hydrogens (primary N) is 5. The van der Waals surface area contributed by atoms with Crippen LogP contribution in [0, 0.1) is 0 Å². The van der Waals surface area contributed by atoms with E-state index in [1.807, 2.05) is 0 Å². The Morgan fingerprint density at radius 3 is 2.22 bits per heavy atom. The van der Waals surface area contributed by atoms with E-state index in [1.54, 1.807) is 18.2 Å². The van der Waals surface area contributed by atoms with Crippen molar-refractivity contribution in [1.29, 1.82) is 0 Å². The topological polar surface area (TPSA) is 194 Å². The van der Waals surface area contributed by atoms with Crippen molar-refractivity contribution in [3.05, 3.63) is 47.0 Å². The first kappa shape index (κ1) is 19.9. The van der Waals surface area contributed by atoms with Crippen LogP contribution in [-0.4, -0.2) is 36.1 Å². The molecule has 1 unspecified atom stereocenters. The van der Waals surface area contributed by atoms with E-state index in [4.69, 9.17) is 28.7 Å². The van der Waals surface area contributed by atoms with Crippen molar-refractivity contribution in [2.75, 3.05) is 6.54 Å². The molecule has 2 aromatic rings. The first-order valence-electron chi connectivity index (χ1n) is 8.24. The van der Waals surface area contributed by atoms with Gasteiger partial charge in [0.2, 0.25) is 11.8 Å². The predicted octanol–water partition coefficient (Wildman–Crippen LogP) is -0.399. The zero-order chi connectivity index (χ0) is 20.1. The van der Waals surface area contributed by atoms with E-state index >= 15 is 0 Å². The molecule has 0 aliphatic heterocycles. The standard InChI is InChI=1S/C18H22N6O3/c19-12(5-2-8-24-18(22)23)15(25)10-7-6-9-3-1-4-11(16(20)26)13(9)14(10)17(21)27/h1,3-4,6-7,12H,2,5,8,19H2,(H2,20,26)(H2,21,27)(H4,22,23,24). The van der Waals surface area contributed by atoms with E-state index in [9.17, 15) is 14.4 Å². The SMILES string of the molecule is NC(=O)c1cccc2ccc(C(=O)C(N)CCCN=C(N)N)c(C(N)=O)c12. The third-order valence-corrected chi connectivity index (χ3v) is 4.13. The lowest BCUT2D eigenvalue weighted by molar-refractivity contribution is 0.0939. The minimum absolute atomic E-state index is 0.0422. The first-order valence-corrected chi connectivity index (χ1v) is 8.24. The monoisotopic (exact) mass is 370 g/mol. The molecular formula is C18H22N6O3. The molecule has 2 amide bonds.